The normalized spacial score (nSPS) is 17.0. The van der Waals surface area contributed by atoms with Crippen LogP contribution < -0.4 is 4.74 Å². The second-order valence-electron chi connectivity index (χ2n) is 5.71. The molecule has 2 heterocycles. The molecule has 1 aromatic heterocycles. The molecule has 21 heavy (non-hydrogen) atoms. The van der Waals surface area contributed by atoms with Crippen molar-refractivity contribution in [3.8, 4) is 5.75 Å². The molecule has 112 valence electrons. The summed E-state index contributed by atoms with van der Waals surface area (Å²) in [6, 6.07) is 8.31. The van der Waals surface area contributed by atoms with Crippen molar-refractivity contribution >= 4 is 0 Å². The molecular formula is C16H22N4O. The van der Waals surface area contributed by atoms with Gasteiger partial charge in [0.25, 0.3) is 0 Å². The van der Waals surface area contributed by atoms with Gasteiger partial charge >= 0.3 is 0 Å². The lowest BCUT2D eigenvalue weighted by Crippen LogP contribution is -2.38. The van der Waals surface area contributed by atoms with Gasteiger partial charge in [0.2, 0.25) is 0 Å². The van der Waals surface area contributed by atoms with Crippen molar-refractivity contribution in [2.24, 2.45) is 7.05 Å². The van der Waals surface area contributed by atoms with Crippen LogP contribution in [0.2, 0.25) is 0 Å². The van der Waals surface area contributed by atoms with E-state index in [9.17, 15) is 0 Å². The fraction of sp³-hybridized carbons (Fsp3) is 0.500. The summed E-state index contributed by atoms with van der Waals surface area (Å²) in [5.41, 5.74) is 1.26. The van der Waals surface area contributed by atoms with Crippen LogP contribution in [0.3, 0.4) is 0 Å². The maximum atomic E-state index is 6.06. The van der Waals surface area contributed by atoms with E-state index in [2.05, 4.69) is 46.2 Å². The van der Waals surface area contributed by atoms with Gasteiger partial charge in [-0.15, -0.1) is 0 Å². The number of aryl methyl sites for hydroxylation is 2. The van der Waals surface area contributed by atoms with Gasteiger partial charge in [-0.1, -0.05) is 17.7 Å². The van der Waals surface area contributed by atoms with Crippen molar-refractivity contribution in [3.05, 3.63) is 42.0 Å². The van der Waals surface area contributed by atoms with Gasteiger partial charge < -0.3 is 4.74 Å². The van der Waals surface area contributed by atoms with E-state index in [-0.39, 0.29) is 0 Å². The molecule has 1 aliphatic heterocycles. The third kappa shape index (κ3) is 3.61. The van der Waals surface area contributed by atoms with E-state index in [0.29, 0.717) is 6.10 Å². The van der Waals surface area contributed by atoms with Gasteiger partial charge in [0, 0.05) is 20.1 Å². The topological polar surface area (TPSA) is 43.2 Å². The van der Waals surface area contributed by atoms with Gasteiger partial charge in [0.1, 0.15) is 24.0 Å². The first kappa shape index (κ1) is 14.1. The lowest BCUT2D eigenvalue weighted by molar-refractivity contribution is 0.0947. The molecule has 1 aliphatic rings. The summed E-state index contributed by atoms with van der Waals surface area (Å²) >= 11 is 0. The van der Waals surface area contributed by atoms with E-state index in [4.69, 9.17) is 4.74 Å². The molecule has 0 aliphatic carbocycles. The first-order chi connectivity index (χ1) is 10.2. The van der Waals surface area contributed by atoms with Crippen LogP contribution >= 0.6 is 0 Å². The highest BCUT2D eigenvalue weighted by Gasteiger charge is 2.21. The largest absolute Gasteiger partial charge is 0.490 e. The van der Waals surface area contributed by atoms with Crippen LogP contribution in [0.5, 0.6) is 5.75 Å². The maximum absolute atomic E-state index is 6.06. The summed E-state index contributed by atoms with van der Waals surface area (Å²) in [6.07, 6.45) is 4.06. The smallest absolute Gasteiger partial charge is 0.140 e. The Morgan fingerprint density at radius 3 is 2.52 bits per heavy atom. The summed E-state index contributed by atoms with van der Waals surface area (Å²) in [6.45, 7) is 5.05. The standard InChI is InChI=1S/C16H22N4O/c1-13-3-5-14(6-4-13)21-15-7-9-20(10-8-15)11-16-17-12-18-19(16)2/h3-6,12,15H,7-11H2,1-2H3. The van der Waals surface area contributed by atoms with Crippen LogP contribution in [-0.4, -0.2) is 38.9 Å². The quantitative estimate of drug-likeness (QED) is 0.864. The molecule has 0 N–H and O–H groups in total. The third-order valence-corrected chi connectivity index (χ3v) is 4.03. The van der Waals surface area contributed by atoms with Gasteiger partial charge in [-0.25, -0.2) is 4.98 Å². The van der Waals surface area contributed by atoms with Gasteiger partial charge in [-0.05, 0) is 31.9 Å². The second kappa shape index (κ2) is 6.26. The molecule has 5 nitrogen and oxygen atoms in total. The van der Waals surface area contributed by atoms with Crippen LogP contribution in [0.25, 0.3) is 0 Å². The molecule has 3 rings (SSSR count). The molecule has 0 atom stereocenters. The molecule has 0 unspecified atom stereocenters. The van der Waals surface area contributed by atoms with Crippen LogP contribution in [-0.2, 0) is 13.6 Å². The molecule has 0 spiro atoms. The van der Waals surface area contributed by atoms with Crippen LogP contribution in [0.4, 0.5) is 0 Å². The van der Waals surface area contributed by atoms with Crippen molar-refractivity contribution in [1.29, 1.82) is 0 Å². The van der Waals surface area contributed by atoms with Crippen LogP contribution in [0.15, 0.2) is 30.6 Å². The number of benzene rings is 1. The van der Waals surface area contributed by atoms with Crippen molar-refractivity contribution in [2.75, 3.05) is 13.1 Å². The van der Waals surface area contributed by atoms with Gasteiger partial charge in [-0.2, -0.15) is 5.10 Å². The van der Waals surface area contributed by atoms with E-state index in [0.717, 1.165) is 44.0 Å². The monoisotopic (exact) mass is 286 g/mol. The lowest BCUT2D eigenvalue weighted by atomic mass is 10.1. The molecule has 0 bridgehead atoms. The minimum atomic E-state index is 0.323. The van der Waals surface area contributed by atoms with E-state index < -0.39 is 0 Å². The molecular weight excluding hydrogens is 264 g/mol. The Hall–Kier alpha value is -1.88. The van der Waals surface area contributed by atoms with Gasteiger partial charge in [0.15, 0.2) is 0 Å². The number of piperidine rings is 1. The number of rotatable bonds is 4. The Bertz CT molecular complexity index is 570. The first-order valence-electron chi connectivity index (χ1n) is 7.49. The van der Waals surface area contributed by atoms with E-state index in [1.807, 2.05) is 11.7 Å². The minimum Gasteiger partial charge on any atom is -0.490 e. The fourth-order valence-corrected chi connectivity index (χ4v) is 2.66. The number of hydrogen-bond acceptors (Lipinski definition) is 4. The minimum absolute atomic E-state index is 0.323. The molecule has 1 saturated heterocycles. The van der Waals surface area contributed by atoms with Crippen molar-refractivity contribution in [1.82, 2.24) is 19.7 Å². The predicted octanol–water partition coefficient (Wildman–Crippen LogP) is 2.17. The summed E-state index contributed by atoms with van der Waals surface area (Å²) in [7, 11) is 1.94. The zero-order valence-corrected chi connectivity index (χ0v) is 12.7. The molecule has 1 fully saturated rings. The third-order valence-electron chi connectivity index (χ3n) is 4.03. The number of ether oxygens (including phenoxy) is 1. The first-order valence-corrected chi connectivity index (χ1v) is 7.49. The Balaban J connectivity index is 1.49. The van der Waals surface area contributed by atoms with E-state index in [1.165, 1.54) is 5.56 Å². The van der Waals surface area contributed by atoms with Crippen molar-refractivity contribution < 1.29 is 4.74 Å². The summed E-state index contributed by atoms with van der Waals surface area (Å²) < 4.78 is 7.90. The van der Waals surface area contributed by atoms with Crippen molar-refractivity contribution in [3.63, 3.8) is 0 Å². The summed E-state index contributed by atoms with van der Waals surface area (Å²) in [4.78, 5) is 6.70. The number of likely N-dealkylation sites (tertiary alicyclic amines) is 1. The lowest BCUT2D eigenvalue weighted by Gasteiger charge is -2.31. The molecule has 2 aromatic rings. The van der Waals surface area contributed by atoms with Crippen LogP contribution in [0.1, 0.15) is 24.2 Å². The molecule has 0 amide bonds. The highest BCUT2D eigenvalue weighted by atomic mass is 16.5. The predicted molar refractivity (Wildman–Crippen MR) is 81.1 cm³/mol. The number of nitrogens with zero attached hydrogens (tertiary/aromatic N) is 4. The molecule has 0 radical (unpaired) electrons. The Morgan fingerprint density at radius 1 is 1.19 bits per heavy atom. The van der Waals surface area contributed by atoms with Gasteiger partial charge in [0.05, 0.1) is 6.54 Å². The van der Waals surface area contributed by atoms with E-state index in [1.54, 1.807) is 6.33 Å². The Kier molecular flexibility index (Phi) is 4.20. The number of hydrogen-bond donors (Lipinski definition) is 0. The Labute approximate surface area is 125 Å². The highest BCUT2D eigenvalue weighted by Crippen LogP contribution is 2.20. The SMILES string of the molecule is Cc1ccc(OC2CCN(Cc3ncnn3C)CC2)cc1. The zero-order chi connectivity index (χ0) is 14.7. The second-order valence-corrected chi connectivity index (χ2v) is 5.71. The maximum Gasteiger partial charge on any atom is 0.140 e. The average Bonchev–Trinajstić information content (AvgIpc) is 2.89. The zero-order valence-electron chi connectivity index (χ0n) is 12.7. The van der Waals surface area contributed by atoms with Crippen LogP contribution in [0, 0.1) is 6.92 Å². The number of aromatic nitrogens is 3. The molecule has 1 aromatic carbocycles. The summed E-state index contributed by atoms with van der Waals surface area (Å²) in [5, 5.41) is 4.11. The molecule has 5 heteroatoms. The Morgan fingerprint density at radius 2 is 1.90 bits per heavy atom. The fourth-order valence-electron chi connectivity index (χ4n) is 2.66. The summed E-state index contributed by atoms with van der Waals surface area (Å²) in [5.74, 6) is 2.00. The highest BCUT2D eigenvalue weighted by molar-refractivity contribution is 5.26. The van der Waals surface area contributed by atoms with E-state index >= 15 is 0 Å². The van der Waals surface area contributed by atoms with Gasteiger partial charge in [-0.3, -0.25) is 9.58 Å². The van der Waals surface area contributed by atoms with Crippen molar-refractivity contribution in [2.45, 2.75) is 32.4 Å². The average molecular weight is 286 g/mol. The molecule has 0 saturated carbocycles.